The van der Waals surface area contributed by atoms with Crippen molar-refractivity contribution in [3.63, 3.8) is 0 Å². The fourth-order valence-corrected chi connectivity index (χ4v) is 2.23. The van der Waals surface area contributed by atoms with Crippen LogP contribution in [-0.4, -0.2) is 34.6 Å². The molecule has 1 saturated heterocycles. The summed E-state index contributed by atoms with van der Waals surface area (Å²) in [6.45, 7) is 2.11. The Morgan fingerprint density at radius 1 is 1.31 bits per heavy atom. The second-order valence-electron chi connectivity index (χ2n) is 2.90. The third kappa shape index (κ3) is 2.03. The van der Waals surface area contributed by atoms with Crippen molar-refractivity contribution in [1.29, 1.82) is 0 Å². The molecule has 0 aliphatic carbocycles. The van der Waals surface area contributed by atoms with Crippen molar-refractivity contribution >= 4 is 23.4 Å². The molecule has 1 aromatic rings. The van der Waals surface area contributed by atoms with Crippen molar-refractivity contribution in [3.05, 3.63) is 12.4 Å². The highest BCUT2D eigenvalue weighted by Gasteiger charge is 2.11. The van der Waals surface area contributed by atoms with E-state index in [1.165, 1.54) is 17.8 Å². The Bertz CT molecular complexity index is 285. The molecule has 1 aromatic heterocycles. The Kier molecular flexibility index (Phi) is 2.54. The predicted molar refractivity (Wildman–Crippen MR) is 56.0 cm³/mol. The fourth-order valence-electron chi connectivity index (χ4n) is 1.33. The smallest absolute Gasteiger partial charge is 0.134 e. The molecular formula is C8H12N4S. The summed E-state index contributed by atoms with van der Waals surface area (Å²) in [6.07, 6.45) is 1.52. The van der Waals surface area contributed by atoms with Crippen molar-refractivity contribution in [2.45, 2.75) is 0 Å². The lowest BCUT2D eigenvalue weighted by Gasteiger charge is -2.27. The van der Waals surface area contributed by atoms with Crippen LogP contribution in [-0.2, 0) is 0 Å². The Morgan fingerprint density at radius 3 is 2.77 bits per heavy atom. The van der Waals surface area contributed by atoms with Gasteiger partial charge in [-0.1, -0.05) is 0 Å². The Morgan fingerprint density at radius 2 is 2.08 bits per heavy atom. The summed E-state index contributed by atoms with van der Waals surface area (Å²) < 4.78 is 0. The second-order valence-corrected chi connectivity index (χ2v) is 4.13. The van der Waals surface area contributed by atoms with Gasteiger partial charge in [0.2, 0.25) is 0 Å². The summed E-state index contributed by atoms with van der Waals surface area (Å²) in [5.74, 6) is 3.84. The van der Waals surface area contributed by atoms with E-state index in [1.54, 1.807) is 0 Å². The summed E-state index contributed by atoms with van der Waals surface area (Å²) in [5, 5.41) is 0. The first kappa shape index (κ1) is 8.62. The minimum absolute atomic E-state index is 0.545. The van der Waals surface area contributed by atoms with Crippen molar-refractivity contribution in [2.24, 2.45) is 0 Å². The van der Waals surface area contributed by atoms with Crippen LogP contribution < -0.4 is 10.6 Å². The molecule has 1 aliphatic heterocycles. The highest BCUT2D eigenvalue weighted by Crippen LogP contribution is 2.17. The molecular weight excluding hydrogens is 184 g/mol. The molecule has 2 rings (SSSR count). The molecule has 1 aliphatic rings. The van der Waals surface area contributed by atoms with E-state index in [-0.39, 0.29) is 0 Å². The summed E-state index contributed by atoms with van der Waals surface area (Å²) in [6, 6.07) is 1.83. The van der Waals surface area contributed by atoms with Gasteiger partial charge in [-0.2, -0.15) is 11.8 Å². The lowest BCUT2D eigenvalue weighted by Crippen LogP contribution is -2.33. The first-order chi connectivity index (χ1) is 6.36. The number of anilines is 2. The molecule has 0 radical (unpaired) electrons. The molecule has 13 heavy (non-hydrogen) atoms. The van der Waals surface area contributed by atoms with Crippen molar-refractivity contribution in [2.75, 3.05) is 35.2 Å². The van der Waals surface area contributed by atoms with Crippen LogP contribution in [0.2, 0.25) is 0 Å². The normalized spacial score (nSPS) is 17.4. The Hall–Kier alpha value is -0.970. The zero-order valence-corrected chi connectivity index (χ0v) is 8.13. The summed E-state index contributed by atoms with van der Waals surface area (Å²) in [5.41, 5.74) is 5.58. The van der Waals surface area contributed by atoms with Crippen LogP contribution in [0.3, 0.4) is 0 Å². The molecule has 0 unspecified atom stereocenters. The van der Waals surface area contributed by atoms with E-state index in [0.29, 0.717) is 5.82 Å². The van der Waals surface area contributed by atoms with E-state index in [4.69, 9.17) is 5.73 Å². The standard InChI is InChI=1S/C8H12N4S/c9-7-5-8(11-6-10-7)12-1-3-13-4-2-12/h5-6H,1-4H2,(H2,9,10,11). The number of hydrogen-bond acceptors (Lipinski definition) is 5. The van der Waals surface area contributed by atoms with E-state index in [1.807, 2.05) is 17.8 Å². The van der Waals surface area contributed by atoms with Crippen LogP contribution >= 0.6 is 11.8 Å². The first-order valence-corrected chi connectivity index (χ1v) is 5.42. The number of rotatable bonds is 1. The highest BCUT2D eigenvalue weighted by atomic mass is 32.2. The van der Waals surface area contributed by atoms with Gasteiger partial charge in [0.25, 0.3) is 0 Å². The van der Waals surface area contributed by atoms with Gasteiger partial charge in [-0.25, -0.2) is 9.97 Å². The topological polar surface area (TPSA) is 55.0 Å². The molecule has 5 heteroatoms. The van der Waals surface area contributed by atoms with Gasteiger partial charge in [0.1, 0.15) is 18.0 Å². The van der Waals surface area contributed by atoms with E-state index in [9.17, 15) is 0 Å². The van der Waals surface area contributed by atoms with Gasteiger partial charge in [0.15, 0.2) is 0 Å². The number of nitrogens with two attached hydrogens (primary N) is 1. The average Bonchev–Trinajstić information content (AvgIpc) is 2.19. The number of thioether (sulfide) groups is 1. The monoisotopic (exact) mass is 196 g/mol. The Balaban J connectivity index is 2.14. The van der Waals surface area contributed by atoms with Crippen LogP contribution in [0.15, 0.2) is 12.4 Å². The Labute approximate surface area is 81.5 Å². The minimum atomic E-state index is 0.545. The lowest BCUT2D eigenvalue weighted by atomic mass is 10.4. The molecule has 0 spiro atoms. The number of nitrogens with zero attached hydrogens (tertiary/aromatic N) is 3. The highest BCUT2D eigenvalue weighted by molar-refractivity contribution is 7.99. The lowest BCUT2D eigenvalue weighted by molar-refractivity contribution is 0.836. The van der Waals surface area contributed by atoms with Crippen molar-refractivity contribution in [3.8, 4) is 0 Å². The van der Waals surface area contributed by atoms with Gasteiger partial charge in [-0.05, 0) is 0 Å². The zero-order chi connectivity index (χ0) is 9.10. The maximum absolute atomic E-state index is 5.58. The molecule has 70 valence electrons. The van der Waals surface area contributed by atoms with Gasteiger partial charge >= 0.3 is 0 Å². The molecule has 0 bridgehead atoms. The zero-order valence-electron chi connectivity index (χ0n) is 7.31. The van der Waals surface area contributed by atoms with Gasteiger partial charge in [-0.15, -0.1) is 0 Å². The van der Waals surface area contributed by atoms with E-state index in [2.05, 4.69) is 14.9 Å². The quantitative estimate of drug-likeness (QED) is 0.713. The SMILES string of the molecule is Nc1cc(N2CCSCC2)ncn1. The van der Waals surface area contributed by atoms with Crippen LogP contribution in [0.5, 0.6) is 0 Å². The maximum atomic E-state index is 5.58. The average molecular weight is 196 g/mol. The van der Waals surface area contributed by atoms with Gasteiger partial charge in [0.05, 0.1) is 0 Å². The van der Waals surface area contributed by atoms with E-state index in [0.717, 1.165) is 18.9 Å². The molecule has 0 amide bonds. The molecule has 0 aromatic carbocycles. The number of nitrogen functional groups attached to an aromatic ring is 1. The fraction of sp³-hybridized carbons (Fsp3) is 0.500. The van der Waals surface area contributed by atoms with Crippen molar-refractivity contribution in [1.82, 2.24) is 9.97 Å². The summed E-state index contributed by atoms with van der Waals surface area (Å²) >= 11 is 1.98. The van der Waals surface area contributed by atoms with Crippen molar-refractivity contribution < 1.29 is 0 Å². The largest absolute Gasteiger partial charge is 0.384 e. The molecule has 0 saturated carbocycles. The van der Waals surface area contributed by atoms with Gasteiger partial charge < -0.3 is 10.6 Å². The molecule has 4 nitrogen and oxygen atoms in total. The predicted octanol–water partition coefficient (Wildman–Crippen LogP) is 0.612. The van der Waals surface area contributed by atoms with Crippen LogP contribution in [0.1, 0.15) is 0 Å². The van der Waals surface area contributed by atoms with E-state index >= 15 is 0 Å². The molecule has 0 atom stereocenters. The second kappa shape index (κ2) is 3.83. The molecule has 2 heterocycles. The van der Waals surface area contributed by atoms with Crippen LogP contribution in [0, 0.1) is 0 Å². The van der Waals surface area contributed by atoms with E-state index < -0.39 is 0 Å². The number of hydrogen-bond donors (Lipinski definition) is 1. The van der Waals surface area contributed by atoms with Crippen LogP contribution in [0.25, 0.3) is 0 Å². The summed E-state index contributed by atoms with van der Waals surface area (Å²) in [7, 11) is 0. The minimum Gasteiger partial charge on any atom is -0.384 e. The third-order valence-electron chi connectivity index (χ3n) is 2.01. The first-order valence-electron chi connectivity index (χ1n) is 4.26. The summed E-state index contributed by atoms with van der Waals surface area (Å²) in [4.78, 5) is 10.3. The maximum Gasteiger partial charge on any atom is 0.134 e. The molecule has 2 N–H and O–H groups in total. The third-order valence-corrected chi connectivity index (χ3v) is 2.95. The van der Waals surface area contributed by atoms with Crippen LogP contribution in [0.4, 0.5) is 11.6 Å². The van der Waals surface area contributed by atoms with Gasteiger partial charge in [0, 0.05) is 30.7 Å². The molecule has 1 fully saturated rings. The van der Waals surface area contributed by atoms with Gasteiger partial charge in [-0.3, -0.25) is 0 Å². The number of aromatic nitrogens is 2.